The van der Waals surface area contributed by atoms with Crippen LogP contribution in [0.3, 0.4) is 0 Å². The van der Waals surface area contributed by atoms with E-state index in [2.05, 4.69) is 31.4 Å². The van der Waals surface area contributed by atoms with E-state index in [4.69, 9.17) is 4.74 Å². The van der Waals surface area contributed by atoms with Gasteiger partial charge in [-0.3, -0.25) is 0 Å². The zero-order valence-electron chi connectivity index (χ0n) is 10.1. The average molecular weight is 202 g/mol. The van der Waals surface area contributed by atoms with E-state index < -0.39 is 0 Å². The number of nitrogens with one attached hydrogen (secondary N) is 2. The van der Waals surface area contributed by atoms with Gasteiger partial charge in [0, 0.05) is 32.3 Å². The molecule has 0 aromatic heterocycles. The summed E-state index contributed by atoms with van der Waals surface area (Å²) in [4.78, 5) is 0. The summed E-state index contributed by atoms with van der Waals surface area (Å²) in [6, 6.07) is 1.19. The molecule has 0 saturated heterocycles. The smallest absolute Gasteiger partial charge is 0.0587 e. The lowest BCUT2D eigenvalue weighted by atomic mass is 10.1. The minimum atomic E-state index is 0.519. The van der Waals surface area contributed by atoms with Crippen molar-refractivity contribution >= 4 is 0 Å². The van der Waals surface area contributed by atoms with Gasteiger partial charge in [-0.2, -0.15) is 0 Å². The molecule has 0 fully saturated rings. The number of ether oxygens (including phenoxy) is 1. The highest BCUT2D eigenvalue weighted by atomic mass is 16.5. The van der Waals surface area contributed by atoms with Gasteiger partial charge < -0.3 is 15.4 Å². The summed E-state index contributed by atoms with van der Waals surface area (Å²) >= 11 is 0. The van der Waals surface area contributed by atoms with Gasteiger partial charge in [-0.15, -0.1) is 0 Å². The molecule has 0 heterocycles. The molecule has 2 N–H and O–H groups in total. The second kappa shape index (κ2) is 9.44. The molecule has 86 valence electrons. The third-order valence-corrected chi connectivity index (χ3v) is 2.50. The van der Waals surface area contributed by atoms with E-state index in [1.165, 1.54) is 12.8 Å². The molecule has 3 nitrogen and oxygen atoms in total. The minimum Gasteiger partial charge on any atom is -0.383 e. The van der Waals surface area contributed by atoms with Crippen molar-refractivity contribution in [1.29, 1.82) is 0 Å². The summed E-state index contributed by atoms with van der Waals surface area (Å²) in [6.45, 7) is 9.41. The minimum absolute atomic E-state index is 0.519. The summed E-state index contributed by atoms with van der Waals surface area (Å²) in [5.41, 5.74) is 0. The van der Waals surface area contributed by atoms with Crippen LogP contribution in [-0.4, -0.2) is 38.9 Å². The van der Waals surface area contributed by atoms with Gasteiger partial charge >= 0.3 is 0 Å². The molecule has 0 saturated carbocycles. The van der Waals surface area contributed by atoms with Gasteiger partial charge in [0.2, 0.25) is 0 Å². The highest BCUT2D eigenvalue weighted by molar-refractivity contribution is 4.68. The quantitative estimate of drug-likeness (QED) is 0.554. The largest absolute Gasteiger partial charge is 0.383 e. The van der Waals surface area contributed by atoms with E-state index in [1.54, 1.807) is 7.11 Å². The predicted octanol–water partition coefficient (Wildman–Crippen LogP) is 1.39. The normalized spacial score (nSPS) is 13.5. The topological polar surface area (TPSA) is 33.3 Å². The van der Waals surface area contributed by atoms with Crippen LogP contribution in [0.2, 0.25) is 0 Å². The second-order valence-electron chi connectivity index (χ2n) is 3.77. The molecule has 0 aromatic carbocycles. The molecule has 0 aliphatic rings. The van der Waals surface area contributed by atoms with E-state index in [-0.39, 0.29) is 0 Å². The summed E-state index contributed by atoms with van der Waals surface area (Å²) in [5.74, 6) is 0. The maximum atomic E-state index is 4.98. The number of methoxy groups -OCH3 is 1. The van der Waals surface area contributed by atoms with E-state index in [0.29, 0.717) is 12.1 Å². The lowest BCUT2D eigenvalue weighted by Gasteiger charge is -2.19. The lowest BCUT2D eigenvalue weighted by Crippen LogP contribution is -2.41. The van der Waals surface area contributed by atoms with Crippen LogP contribution in [0.25, 0.3) is 0 Å². The summed E-state index contributed by atoms with van der Waals surface area (Å²) in [5, 5.41) is 6.94. The van der Waals surface area contributed by atoms with E-state index in [1.807, 2.05) is 0 Å². The van der Waals surface area contributed by atoms with Gasteiger partial charge in [-0.1, -0.05) is 13.8 Å². The van der Waals surface area contributed by atoms with Crippen LogP contribution < -0.4 is 10.6 Å². The molecule has 0 aromatic rings. The van der Waals surface area contributed by atoms with Crippen LogP contribution in [0.1, 0.15) is 33.6 Å². The SMILES string of the molecule is CCC(CC)NCC(C)NCCOC. The van der Waals surface area contributed by atoms with Crippen LogP contribution in [0.15, 0.2) is 0 Å². The van der Waals surface area contributed by atoms with Gasteiger partial charge in [-0.25, -0.2) is 0 Å². The zero-order chi connectivity index (χ0) is 10.8. The van der Waals surface area contributed by atoms with Crippen molar-refractivity contribution in [2.24, 2.45) is 0 Å². The molecule has 0 radical (unpaired) electrons. The van der Waals surface area contributed by atoms with Crippen molar-refractivity contribution in [3.63, 3.8) is 0 Å². The van der Waals surface area contributed by atoms with Gasteiger partial charge in [0.15, 0.2) is 0 Å². The molecule has 0 bridgehead atoms. The second-order valence-corrected chi connectivity index (χ2v) is 3.77. The van der Waals surface area contributed by atoms with E-state index >= 15 is 0 Å². The van der Waals surface area contributed by atoms with Crippen LogP contribution in [0.4, 0.5) is 0 Å². The molecule has 1 atom stereocenters. The fourth-order valence-electron chi connectivity index (χ4n) is 1.40. The first-order valence-electron chi connectivity index (χ1n) is 5.70. The van der Waals surface area contributed by atoms with Crippen LogP contribution in [-0.2, 0) is 4.74 Å². The van der Waals surface area contributed by atoms with Gasteiger partial charge in [0.1, 0.15) is 0 Å². The van der Waals surface area contributed by atoms with Gasteiger partial charge in [0.05, 0.1) is 6.61 Å². The lowest BCUT2D eigenvalue weighted by molar-refractivity contribution is 0.196. The molecule has 0 aliphatic carbocycles. The Labute approximate surface area is 88.6 Å². The number of hydrogen-bond donors (Lipinski definition) is 2. The van der Waals surface area contributed by atoms with Crippen LogP contribution in [0.5, 0.6) is 0 Å². The van der Waals surface area contributed by atoms with Crippen molar-refractivity contribution in [3.8, 4) is 0 Å². The predicted molar refractivity (Wildman–Crippen MR) is 61.7 cm³/mol. The van der Waals surface area contributed by atoms with E-state index in [9.17, 15) is 0 Å². The van der Waals surface area contributed by atoms with E-state index in [0.717, 1.165) is 19.7 Å². The first kappa shape index (κ1) is 13.9. The fourth-order valence-corrected chi connectivity index (χ4v) is 1.40. The van der Waals surface area contributed by atoms with Crippen molar-refractivity contribution in [2.75, 3.05) is 26.8 Å². The monoisotopic (exact) mass is 202 g/mol. The molecule has 0 aliphatic heterocycles. The van der Waals surface area contributed by atoms with Gasteiger partial charge in [-0.05, 0) is 19.8 Å². The number of hydrogen-bond acceptors (Lipinski definition) is 3. The van der Waals surface area contributed by atoms with Crippen molar-refractivity contribution in [3.05, 3.63) is 0 Å². The Morgan fingerprint density at radius 1 is 1.14 bits per heavy atom. The number of rotatable bonds is 9. The Hall–Kier alpha value is -0.120. The maximum absolute atomic E-state index is 4.98. The highest BCUT2D eigenvalue weighted by Crippen LogP contribution is 1.95. The molecule has 0 spiro atoms. The Kier molecular flexibility index (Phi) is 9.35. The fraction of sp³-hybridized carbons (Fsp3) is 1.00. The highest BCUT2D eigenvalue weighted by Gasteiger charge is 2.04. The maximum Gasteiger partial charge on any atom is 0.0587 e. The zero-order valence-corrected chi connectivity index (χ0v) is 10.1. The third-order valence-electron chi connectivity index (χ3n) is 2.50. The first-order chi connectivity index (χ1) is 6.74. The summed E-state index contributed by atoms with van der Waals surface area (Å²) in [6.07, 6.45) is 2.42. The third kappa shape index (κ3) is 7.30. The Bertz CT molecular complexity index is 116. The summed E-state index contributed by atoms with van der Waals surface area (Å²) in [7, 11) is 1.73. The molecule has 0 rings (SSSR count). The standard InChI is InChI=1S/C11H26N2O/c1-5-11(6-2)13-9-10(3)12-7-8-14-4/h10-13H,5-9H2,1-4H3. The molecule has 0 amide bonds. The van der Waals surface area contributed by atoms with Crippen molar-refractivity contribution < 1.29 is 4.74 Å². The first-order valence-corrected chi connectivity index (χ1v) is 5.70. The van der Waals surface area contributed by atoms with Gasteiger partial charge in [0.25, 0.3) is 0 Å². The van der Waals surface area contributed by atoms with Crippen LogP contribution >= 0.6 is 0 Å². The summed E-state index contributed by atoms with van der Waals surface area (Å²) < 4.78 is 4.98. The van der Waals surface area contributed by atoms with Crippen LogP contribution in [0, 0.1) is 0 Å². The average Bonchev–Trinajstić information content (AvgIpc) is 2.20. The Balaban J connectivity index is 3.37. The van der Waals surface area contributed by atoms with Crippen molar-refractivity contribution in [2.45, 2.75) is 45.7 Å². The molecule has 1 unspecified atom stereocenters. The van der Waals surface area contributed by atoms with Crippen molar-refractivity contribution in [1.82, 2.24) is 10.6 Å². The molecule has 3 heteroatoms. The molecular formula is C11H26N2O. The Morgan fingerprint density at radius 3 is 2.29 bits per heavy atom. The molecular weight excluding hydrogens is 176 g/mol. The molecule has 14 heavy (non-hydrogen) atoms. The Morgan fingerprint density at radius 2 is 1.79 bits per heavy atom.